The van der Waals surface area contributed by atoms with Crippen LogP contribution in [0.25, 0.3) is 0 Å². The van der Waals surface area contributed by atoms with E-state index in [4.69, 9.17) is 0 Å². The van der Waals surface area contributed by atoms with Crippen LogP contribution in [0.15, 0.2) is 0 Å². The highest BCUT2D eigenvalue weighted by Gasteiger charge is 2.21. The first-order chi connectivity index (χ1) is 9.02. The van der Waals surface area contributed by atoms with Gasteiger partial charge in [0.2, 0.25) is 0 Å². The summed E-state index contributed by atoms with van der Waals surface area (Å²) >= 11 is 0. The lowest BCUT2D eigenvalue weighted by Gasteiger charge is -2.32. The normalized spacial score (nSPS) is 17.5. The fraction of sp³-hybridized carbons (Fsp3) is 0.857. The topological polar surface area (TPSA) is 58.6 Å². The fourth-order valence-electron chi connectivity index (χ4n) is 2.40. The standard InChI is InChI=1S/C14H26N2O3/c1-4-19-14(18)13(17)15-9-12-5-7-16(8-6-12)10-11(2)3/h11-12H,4-10H2,1-3H3,(H,15,17). The quantitative estimate of drug-likeness (QED) is 0.599. The highest BCUT2D eigenvalue weighted by atomic mass is 16.5. The summed E-state index contributed by atoms with van der Waals surface area (Å²) in [7, 11) is 0. The molecule has 1 saturated heterocycles. The second kappa shape index (κ2) is 8.15. The first-order valence-electron chi connectivity index (χ1n) is 7.20. The zero-order valence-electron chi connectivity index (χ0n) is 12.3. The molecule has 110 valence electrons. The molecule has 0 atom stereocenters. The van der Waals surface area contributed by atoms with Crippen molar-refractivity contribution in [3.05, 3.63) is 0 Å². The maximum Gasteiger partial charge on any atom is 0.396 e. The van der Waals surface area contributed by atoms with Crippen LogP contribution in [0.3, 0.4) is 0 Å². The number of nitrogens with zero attached hydrogens (tertiary/aromatic N) is 1. The minimum absolute atomic E-state index is 0.236. The number of piperidine rings is 1. The van der Waals surface area contributed by atoms with Crippen molar-refractivity contribution in [2.24, 2.45) is 11.8 Å². The van der Waals surface area contributed by atoms with Gasteiger partial charge in [0.1, 0.15) is 0 Å². The molecule has 1 aliphatic heterocycles. The van der Waals surface area contributed by atoms with Crippen molar-refractivity contribution >= 4 is 11.9 Å². The van der Waals surface area contributed by atoms with Crippen LogP contribution in [0.1, 0.15) is 33.6 Å². The van der Waals surface area contributed by atoms with E-state index in [0.717, 1.165) is 32.5 Å². The average Bonchev–Trinajstić information content (AvgIpc) is 2.37. The van der Waals surface area contributed by atoms with Crippen LogP contribution >= 0.6 is 0 Å². The van der Waals surface area contributed by atoms with Crippen LogP contribution in [-0.4, -0.2) is 49.6 Å². The summed E-state index contributed by atoms with van der Waals surface area (Å²) in [5.41, 5.74) is 0. The van der Waals surface area contributed by atoms with E-state index in [1.165, 1.54) is 0 Å². The zero-order chi connectivity index (χ0) is 14.3. The van der Waals surface area contributed by atoms with Gasteiger partial charge in [-0.3, -0.25) is 4.79 Å². The van der Waals surface area contributed by atoms with Crippen molar-refractivity contribution in [2.45, 2.75) is 33.6 Å². The molecule has 5 heteroatoms. The second-order valence-electron chi connectivity index (χ2n) is 5.57. The molecule has 1 fully saturated rings. The molecule has 1 amide bonds. The Kier molecular flexibility index (Phi) is 6.84. The highest BCUT2D eigenvalue weighted by molar-refractivity contribution is 6.32. The maximum atomic E-state index is 11.4. The van der Waals surface area contributed by atoms with E-state index >= 15 is 0 Å². The van der Waals surface area contributed by atoms with E-state index < -0.39 is 11.9 Å². The third kappa shape index (κ3) is 6.05. The van der Waals surface area contributed by atoms with Crippen LogP contribution in [0.2, 0.25) is 0 Å². The molecule has 0 aromatic rings. The molecule has 1 rings (SSSR count). The monoisotopic (exact) mass is 270 g/mol. The number of carbonyl (C=O) groups is 2. The van der Waals surface area contributed by atoms with E-state index in [1.807, 2.05) is 0 Å². The third-order valence-corrected chi connectivity index (χ3v) is 3.34. The molecule has 1 aliphatic rings. The van der Waals surface area contributed by atoms with Gasteiger partial charge in [-0.15, -0.1) is 0 Å². The number of hydrogen-bond donors (Lipinski definition) is 1. The molecule has 0 saturated carbocycles. The molecule has 1 heterocycles. The van der Waals surface area contributed by atoms with Crippen molar-refractivity contribution in [3.8, 4) is 0 Å². The van der Waals surface area contributed by atoms with E-state index in [1.54, 1.807) is 6.92 Å². The van der Waals surface area contributed by atoms with Crippen LogP contribution in [0, 0.1) is 11.8 Å². The minimum Gasteiger partial charge on any atom is -0.459 e. The summed E-state index contributed by atoms with van der Waals surface area (Å²) in [5.74, 6) is -0.229. The number of amides is 1. The summed E-state index contributed by atoms with van der Waals surface area (Å²) in [4.78, 5) is 25.0. The Morgan fingerprint density at radius 2 is 1.95 bits per heavy atom. The van der Waals surface area contributed by atoms with Crippen molar-refractivity contribution in [1.82, 2.24) is 10.2 Å². The minimum atomic E-state index is -0.778. The van der Waals surface area contributed by atoms with Gasteiger partial charge >= 0.3 is 11.9 Å². The lowest BCUT2D eigenvalue weighted by atomic mass is 9.96. The smallest absolute Gasteiger partial charge is 0.396 e. The SMILES string of the molecule is CCOC(=O)C(=O)NCC1CCN(CC(C)C)CC1. The molecule has 0 bridgehead atoms. The summed E-state index contributed by atoms with van der Waals surface area (Å²) < 4.78 is 4.65. The number of rotatable bonds is 5. The molecule has 1 N–H and O–H groups in total. The first kappa shape index (κ1) is 16.0. The van der Waals surface area contributed by atoms with Crippen molar-refractivity contribution in [3.63, 3.8) is 0 Å². The molecule has 0 aromatic heterocycles. The fourth-order valence-corrected chi connectivity index (χ4v) is 2.40. The summed E-state index contributed by atoms with van der Waals surface area (Å²) in [6.07, 6.45) is 2.16. The van der Waals surface area contributed by atoms with Gasteiger partial charge in [-0.05, 0) is 44.7 Å². The van der Waals surface area contributed by atoms with Gasteiger partial charge in [-0.1, -0.05) is 13.8 Å². The van der Waals surface area contributed by atoms with E-state index in [9.17, 15) is 9.59 Å². The molecule has 0 aliphatic carbocycles. The van der Waals surface area contributed by atoms with E-state index in [-0.39, 0.29) is 6.61 Å². The van der Waals surface area contributed by atoms with Crippen LogP contribution < -0.4 is 5.32 Å². The Hall–Kier alpha value is -1.10. The Bertz CT molecular complexity index is 297. The van der Waals surface area contributed by atoms with Crippen LogP contribution in [0.4, 0.5) is 0 Å². The Morgan fingerprint density at radius 3 is 2.47 bits per heavy atom. The maximum absolute atomic E-state index is 11.4. The largest absolute Gasteiger partial charge is 0.459 e. The van der Waals surface area contributed by atoms with Gasteiger partial charge in [0.05, 0.1) is 6.61 Å². The molecular weight excluding hydrogens is 244 g/mol. The number of likely N-dealkylation sites (tertiary alicyclic amines) is 1. The average molecular weight is 270 g/mol. The highest BCUT2D eigenvalue weighted by Crippen LogP contribution is 2.17. The molecule has 0 aromatic carbocycles. The molecule has 0 radical (unpaired) electrons. The van der Waals surface area contributed by atoms with Crippen molar-refractivity contribution < 1.29 is 14.3 Å². The number of ether oxygens (including phenoxy) is 1. The van der Waals surface area contributed by atoms with E-state index in [2.05, 4.69) is 28.8 Å². The lowest BCUT2D eigenvalue weighted by Crippen LogP contribution is -2.41. The molecule has 0 spiro atoms. The zero-order valence-corrected chi connectivity index (χ0v) is 12.3. The number of carbonyl (C=O) groups excluding carboxylic acids is 2. The molecular formula is C14H26N2O3. The van der Waals surface area contributed by atoms with Crippen LogP contribution in [0.5, 0.6) is 0 Å². The molecule has 19 heavy (non-hydrogen) atoms. The predicted octanol–water partition coefficient (Wildman–Crippen LogP) is 1.03. The second-order valence-corrected chi connectivity index (χ2v) is 5.57. The number of esters is 1. The number of nitrogens with one attached hydrogen (secondary N) is 1. The molecule has 5 nitrogen and oxygen atoms in total. The predicted molar refractivity (Wildman–Crippen MR) is 73.6 cm³/mol. The van der Waals surface area contributed by atoms with Gasteiger partial charge in [-0.25, -0.2) is 4.79 Å². The van der Waals surface area contributed by atoms with Gasteiger partial charge in [0.25, 0.3) is 0 Å². The Labute approximate surface area is 115 Å². The summed E-state index contributed by atoms with van der Waals surface area (Å²) in [6.45, 7) is 10.3. The molecule has 0 unspecified atom stereocenters. The Balaban J connectivity index is 2.19. The summed E-state index contributed by atoms with van der Waals surface area (Å²) in [5, 5.41) is 2.66. The van der Waals surface area contributed by atoms with Crippen molar-refractivity contribution in [2.75, 3.05) is 32.8 Å². The van der Waals surface area contributed by atoms with Gasteiger partial charge in [0.15, 0.2) is 0 Å². The number of hydrogen-bond acceptors (Lipinski definition) is 4. The van der Waals surface area contributed by atoms with Gasteiger partial charge in [-0.2, -0.15) is 0 Å². The van der Waals surface area contributed by atoms with E-state index in [0.29, 0.717) is 18.4 Å². The summed E-state index contributed by atoms with van der Waals surface area (Å²) in [6, 6.07) is 0. The Morgan fingerprint density at radius 1 is 1.32 bits per heavy atom. The van der Waals surface area contributed by atoms with Gasteiger partial charge < -0.3 is 15.0 Å². The first-order valence-corrected chi connectivity index (χ1v) is 7.20. The van der Waals surface area contributed by atoms with Gasteiger partial charge in [0, 0.05) is 13.1 Å². The van der Waals surface area contributed by atoms with Crippen LogP contribution in [-0.2, 0) is 14.3 Å². The third-order valence-electron chi connectivity index (χ3n) is 3.34. The lowest BCUT2D eigenvalue weighted by molar-refractivity contribution is -0.154. The van der Waals surface area contributed by atoms with Crippen molar-refractivity contribution in [1.29, 1.82) is 0 Å².